The second-order valence-corrected chi connectivity index (χ2v) is 8.13. The molecule has 9 nitrogen and oxygen atoms in total. The highest BCUT2D eigenvalue weighted by Gasteiger charge is 2.21. The van der Waals surface area contributed by atoms with Gasteiger partial charge >= 0.3 is 0 Å². The topological polar surface area (TPSA) is 89.7 Å². The highest BCUT2D eigenvalue weighted by molar-refractivity contribution is 5.88. The summed E-state index contributed by atoms with van der Waals surface area (Å²) in [6.07, 6.45) is 1.83. The standard InChI is InChI=1S/C25H27N7O2/c1-17-5-4-6-19(15-17)16-26-32-18(2)27-22-23(28-20-7-9-21(33-3)10-8-20)29-25(30-24(22)32)31-11-13-34-14-12-31/h4-10,15-16H,11-14H2,1-3H3,(H,28,29,30)/b26-16+. The Morgan fingerprint density at radius 3 is 2.56 bits per heavy atom. The summed E-state index contributed by atoms with van der Waals surface area (Å²) in [6, 6.07) is 15.9. The number of anilines is 3. The van der Waals surface area contributed by atoms with E-state index in [4.69, 9.17) is 29.5 Å². The van der Waals surface area contributed by atoms with Gasteiger partial charge in [-0.05, 0) is 43.7 Å². The number of methoxy groups -OCH3 is 1. The molecule has 5 rings (SSSR count). The first kappa shape index (κ1) is 21.8. The van der Waals surface area contributed by atoms with Crippen molar-refractivity contribution in [2.24, 2.45) is 5.10 Å². The van der Waals surface area contributed by atoms with Crippen molar-refractivity contribution in [1.82, 2.24) is 19.6 Å². The van der Waals surface area contributed by atoms with Crippen LogP contribution in [0, 0.1) is 13.8 Å². The SMILES string of the molecule is COc1ccc(Nc2nc(N3CCOCC3)nc3c2nc(C)n3/N=C/c2cccc(C)c2)cc1. The lowest BCUT2D eigenvalue weighted by Gasteiger charge is -2.27. The maximum absolute atomic E-state index is 5.52. The third kappa shape index (κ3) is 4.55. The van der Waals surface area contributed by atoms with E-state index >= 15 is 0 Å². The molecule has 1 aliphatic rings. The zero-order valence-corrected chi connectivity index (χ0v) is 19.5. The quantitative estimate of drug-likeness (QED) is 0.439. The van der Waals surface area contributed by atoms with E-state index in [0.29, 0.717) is 36.1 Å². The van der Waals surface area contributed by atoms with Gasteiger partial charge in [-0.25, -0.2) is 4.98 Å². The van der Waals surface area contributed by atoms with Crippen LogP contribution in [0.5, 0.6) is 5.75 Å². The Hall–Kier alpha value is -3.98. The first-order valence-corrected chi connectivity index (χ1v) is 11.2. The maximum Gasteiger partial charge on any atom is 0.229 e. The lowest BCUT2D eigenvalue weighted by molar-refractivity contribution is 0.122. The Labute approximate surface area is 198 Å². The number of hydrogen-bond donors (Lipinski definition) is 1. The number of nitrogens with one attached hydrogen (secondary N) is 1. The van der Waals surface area contributed by atoms with Crippen LogP contribution in [0.1, 0.15) is 17.0 Å². The van der Waals surface area contributed by atoms with Crippen LogP contribution in [0.3, 0.4) is 0 Å². The van der Waals surface area contributed by atoms with Crippen molar-refractivity contribution >= 4 is 34.8 Å². The molecule has 1 aliphatic heterocycles. The number of aryl methyl sites for hydroxylation is 2. The Kier molecular flexibility index (Phi) is 6.09. The molecule has 0 atom stereocenters. The Balaban J connectivity index is 1.58. The van der Waals surface area contributed by atoms with Crippen LogP contribution in [-0.4, -0.2) is 59.3 Å². The highest BCUT2D eigenvalue weighted by Crippen LogP contribution is 2.28. The van der Waals surface area contributed by atoms with Gasteiger partial charge in [0.05, 0.1) is 26.5 Å². The first-order chi connectivity index (χ1) is 16.6. The van der Waals surface area contributed by atoms with Gasteiger partial charge in [0, 0.05) is 18.8 Å². The predicted molar refractivity (Wildman–Crippen MR) is 134 cm³/mol. The molecule has 1 N–H and O–H groups in total. The van der Waals surface area contributed by atoms with Crippen LogP contribution in [0.25, 0.3) is 11.2 Å². The van der Waals surface area contributed by atoms with Crippen LogP contribution >= 0.6 is 0 Å². The molecule has 0 saturated carbocycles. The van der Waals surface area contributed by atoms with Crippen molar-refractivity contribution in [2.75, 3.05) is 43.6 Å². The maximum atomic E-state index is 5.52. The lowest BCUT2D eigenvalue weighted by Crippen LogP contribution is -2.37. The van der Waals surface area contributed by atoms with Crippen molar-refractivity contribution in [1.29, 1.82) is 0 Å². The fraction of sp³-hybridized carbons (Fsp3) is 0.280. The van der Waals surface area contributed by atoms with Gasteiger partial charge in [-0.3, -0.25) is 0 Å². The Bertz CT molecular complexity index is 1330. The van der Waals surface area contributed by atoms with Crippen molar-refractivity contribution in [3.05, 3.63) is 65.5 Å². The van der Waals surface area contributed by atoms with E-state index in [2.05, 4.69) is 29.3 Å². The number of morpholine rings is 1. The number of nitrogens with zero attached hydrogens (tertiary/aromatic N) is 6. The molecule has 0 spiro atoms. The van der Waals surface area contributed by atoms with E-state index in [1.165, 1.54) is 5.56 Å². The van der Waals surface area contributed by atoms with E-state index in [-0.39, 0.29) is 0 Å². The van der Waals surface area contributed by atoms with Crippen LogP contribution in [0.15, 0.2) is 53.6 Å². The molecule has 4 aromatic rings. The number of hydrogen-bond acceptors (Lipinski definition) is 8. The van der Waals surface area contributed by atoms with E-state index in [1.807, 2.05) is 49.5 Å². The molecule has 0 aliphatic carbocycles. The highest BCUT2D eigenvalue weighted by atomic mass is 16.5. The molecule has 0 bridgehead atoms. The molecular weight excluding hydrogens is 430 g/mol. The minimum absolute atomic E-state index is 0.624. The van der Waals surface area contributed by atoms with E-state index in [0.717, 1.165) is 35.9 Å². The van der Waals surface area contributed by atoms with Crippen LogP contribution in [0.4, 0.5) is 17.5 Å². The number of imidazole rings is 1. The Morgan fingerprint density at radius 1 is 1.03 bits per heavy atom. The summed E-state index contributed by atoms with van der Waals surface area (Å²) in [5, 5.41) is 8.12. The zero-order chi connectivity index (χ0) is 23.5. The van der Waals surface area contributed by atoms with Crippen LogP contribution in [-0.2, 0) is 4.74 Å². The third-order valence-electron chi connectivity index (χ3n) is 5.65. The summed E-state index contributed by atoms with van der Waals surface area (Å²) >= 11 is 0. The van der Waals surface area contributed by atoms with Gasteiger partial charge in [-0.15, -0.1) is 0 Å². The van der Waals surface area contributed by atoms with Gasteiger partial charge in [0.25, 0.3) is 0 Å². The second-order valence-electron chi connectivity index (χ2n) is 8.13. The summed E-state index contributed by atoms with van der Waals surface area (Å²) in [5.41, 5.74) is 4.38. The van der Waals surface area contributed by atoms with Gasteiger partial charge in [-0.1, -0.05) is 29.8 Å². The number of ether oxygens (including phenoxy) is 2. The van der Waals surface area contributed by atoms with E-state index in [9.17, 15) is 0 Å². The number of aromatic nitrogens is 4. The molecular formula is C25H27N7O2. The lowest BCUT2D eigenvalue weighted by atomic mass is 10.2. The second kappa shape index (κ2) is 9.48. The molecule has 174 valence electrons. The molecule has 1 saturated heterocycles. The average molecular weight is 458 g/mol. The molecule has 2 aromatic heterocycles. The first-order valence-electron chi connectivity index (χ1n) is 11.2. The fourth-order valence-electron chi connectivity index (χ4n) is 3.86. The van der Waals surface area contributed by atoms with E-state index in [1.54, 1.807) is 11.8 Å². The van der Waals surface area contributed by atoms with Gasteiger partial charge in [-0.2, -0.15) is 19.7 Å². The minimum atomic E-state index is 0.624. The number of benzene rings is 2. The van der Waals surface area contributed by atoms with Crippen molar-refractivity contribution < 1.29 is 9.47 Å². The van der Waals surface area contributed by atoms with Crippen molar-refractivity contribution in [3.63, 3.8) is 0 Å². The molecule has 3 heterocycles. The molecule has 0 amide bonds. The number of fused-ring (bicyclic) bond motifs is 1. The summed E-state index contributed by atoms with van der Waals surface area (Å²) in [7, 11) is 1.65. The summed E-state index contributed by atoms with van der Waals surface area (Å²) in [5.74, 6) is 2.77. The number of rotatable bonds is 6. The molecule has 0 unspecified atom stereocenters. The average Bonchev–Trinajstić information content (AvgIpc) is 3.19. The van der Waals surface area contributed by atoms with Gasteiger partial charge < -0.3 is 19.7 Å². The smallest absolute Gasteiger partial charge is 0.229 e. The minimum Gasteiger partial charge on any atom is -0.497 e. The molecule has 0 radical (unpaired) electrons. The fourth-order valence-corrected chi connectivity index (χ4v) is 3.86. The van der Waals surface area contributed by atoms with Crippen LogP contribution < -0.4 is 15.0 Å². The Morgan fingerprint density at radius 2 is 1.82 bits per heavy atom. The largest absolute Gasteiger partial charge is 0.497 e. The summed E-state index contributed by atoms with van der Waals surface area (Å²) in [6.45, 7) is 6.73. The van der Waals surface area contributed by atoms with E-state index < -0.39 is 0 Å². The summed E-state index contributed by atoms with van der Waals surface area (Å²) < 4.78 is 12.6. The summed E-state index contributed by atoms with van der Waals surface area (Å²) in [4.78, 5) is 16.6. The van der Waals surface area contributed by atoms with Gasteiger partial charge in [0.15, 0.2) is 17.0 Å². The van der Waals surface area contributed by atoms with Gasteiger partial charge in [0.2, 0.25) is 5.95 Å². The molecule has 34 heavy (non-hydrogen) atoms. The van der Waals surface area contributed by atoms with Gasteiger partial charge in [0.1, 0.15) is 11.6 Å². The monoisotopic (exact) mass is 457 g/mol. The third-order valence-corrected chi connectivity index (χ3v) is 5.65. The molecule has 9 heteroatoms. The zero-order valence-electron chi connectivity index (χ0n) is 19.5. The predicted octanol–water partition coefficient (Wildman–Crippen LogP) is 3.91. The van der Waals surface area contributed by atoms with Crippen molar-refractivity contribution in [2.45, 2.75) is 13.8 Å². The molecule has 2 aromatic carbocycles. The molecule has 1 fully saturated rings. The van der Waals surface area contributed by atoms with Crippen LogP contribution in [0.2, 0.25) is 0 Å². The van der Waals surface area contributed by atoms with Crippen molar-refractivity contribution in [3.8, 4) is 5.75 Å². The normalized spacial score (nSPS) is 14.1.